The molecule has 2 nitrogen and oxygen atoms in total. The minimum Gasteiger partial charge on any atom is -0.496 e. The number of aryl methyl sites for hydroxylation is 1. The minimum atomic E-state index is 0.0635. The molecule has 2 aromatic rings. The summed E-state index contributed by atoms with van der Waals surface area (Å²) in [5.74, 6) is 0.875. The van der Waals surface area contributed by atoms with Crippen LogP contribution in [0, 0.1) is 6.92 Å². The van der Waals surface area contributed by atoms with Crippen molar-refractivity contribution >= 4 is 11.6 Å². The summed E-state index contributed by atoms with van der Waals surface area (Å²) in [5.41, 5.74) is 3.39. The van der Waals surface area contributed by atoms with Crippen LogP contribution in [0.5, 0.6) is 5.75 Å². The molecule has 0 radical (unpaired) electrons. The monoisotopic (exact) mass is 275 g/mol. The molecule has 1 unspecified atom stereocenters. The quantitative estimate of drug-likeness (QED) is 0.912. The lowest BCUT2D eigenvalue weighted by Gasteiger charge is -2.20. The van der Waals surface area contributed by atoms with Crippen LogP contribution in [0.2, 0.25) is 5.02 Å². The van der Waals surface area contributed by atoms with Gasteiger partial charge in [0.1, 0.15) is 5.75 Å². The highest BCUT2D eigenvalue weighted by molar-refractivity contribution is 6.30. The van der Waals surface area contributed by atoms with Gasteiger partial charge in [0.2, 0.25) is 0 Å². The Morgan fingerprint density at radius 1 is 1.16 bits per heavy atom. The maximum atomic E-state index is 6.15. The van der Waals surface area contributed by atoms with Gasteiger partial charge in [-0.2, -0.15) is 0 Å². The Hall–Kier alpha value is -1.51. The van der Waals surface area contributed by atoms with Gasteiger partial charge >= 0.3 is 0 Å². The summed E-state index contributed by atoms with van der Waals surface area (Å²) in [6.45, 7) is 2.05. The molecule has 0 aliphatic carbocycles. The fourth-order valence-electron chi connectivity index (χ4n) is 2.34. The number of nitrogens with one attached hydrogen (secondary N) is 1. The van der Waals surface area contributed by atoms with Crippen LogP contribution in [-0.2, 0) is 0 Å². The van der Waals surface area contributed by atoms with Gasteiger partial charge in [-0.1, -0.05) is 35.9 Å². The van der Waals surface area contributed by atoms with Crippen LogP contribution in [-0.4, -0.2) is 14.2 Å². The van der Waals surface area contributed by atoms with Crippen LogP contribution in [0.3, 0.4) is 0 Å². The number of rotatable bonds is 4. The highest BCUT2D eigenvalue weighted by Gasteiger charge is 2.16. The van der Waals surface area contributed by atoms with Crippen molar-refractivity contribution < 1.29 is 4.74 Å². The molecule has 2 rings (SSSR count). The zero-order valence-corrected chi connectivity index (χ0v) is 12.2. The number of para-hydroxylation sites is 1. The maximum absolute atomic E-state index is 6.15. The number of benzene rings is 2. The van der Waals surface area contributed by atoms with E-state index in [0.29, 0.717) is 0 Å². The molecule has 1 atom stereocenters. The molecule has 0 aromatic heterocycles. The Kier molecular flexibility index (Phi) is 4.46. The Morgan fingerprint density at radius 3 is 2.53 bits per heavy atom. The van der Waals surface area contributed by atoms with E-state index >= 15 is 0 Å². The van der Waals surface area contributed by atoms with Gasteiger partial charge in [-0.05, 0) is 43.3 Å². The van der Waals surface area contributed by atoms with Crippen molar-refractivity contribution in [3.8, 4) is 5.75 Å². The molecule has 0 saturated heterocycles. The number of ether oxygens (including phenoxy) is 1. The first-order chi connectivity index (χ1) is 9.15. The molecule has 0 fully saturated rings. The number of methoxy groups -OCH3 is 1. The molecular weight excluding hydrogens is 258 g/mol. The molecule has 3 heteroatoms. The average molecular weight is 276 g/mol. The average Bonchev–Trinajstić information content (AvgIpc) is 2.39. The Balaban J connectivity index is 2.49. The molecule has 0 heterocycles. The summed E-state index contributed by atoms with van der Waals surface area (Å²) in [5, 5.41) is 4.08. The van der Waals surface area contributed by atoms with E-state index in [1.165, 1.54) is 0 Å². The highest BCUT2D eigenvalue weighted by Crippen LogP contribution is 2.31. The zero-order chi connectivity index (χ0) is 13.8. The van der Waals surface area contributed by atoms with Gasteiger partial charge in [0.05, 0.1) is 13.2 Å². The third-order valence-corrected chi connectivity index (χ3v) is 3.35. The van der Waals surface area contributed by atoms with Crippen molar-refractivity contribution in [3.05, 3.63) is 64.2 Å². The smallest absolute Gasteiger partial charge is 0.123 e. The fraction of sp³-hybridized carbons (Fsp3) is 0.250. The van der Waals surface area contributed by atoms with E-state index in [1.807, 2.05) is 44.3 Å². The third kappa shape index (κ3) is 3.09. The van der Waals surface area contributed by atoms with Crippen molar-refractivity contribution in [2.24, 2.45) is 0 Å². The number of hydrogen-bond donors (Lipinski definition) is 1. The van der Waals surface area contributed by atoms with E-state index in [0.717, 1.165) is 27.5 Å². The van der Waals surface area contributed by atoms with E-state index < -0.39 is 0 Å². The normalized spacial score (nSPS) is 12.2. The molecule has 0 bridgehead atoms. The summed E-state index contributed by atoms with van der Waals surface area (Å²) < 4.78 is 5.44. The van der Waals surface area contributed by atoms with E-state index in [4.69, 9.17) is 16.3 Å². The van der Waals surface area contributed by atoms with Crippen molar-refractivity contribution in [3.63, 3.8) is 0 Å². The van der Waals surface area contributed by atoms with Crippen molar-refractivity contribution in [1.29, 1.82) is 0 Å². The SMILES string of the molecule is CNC(c1cc(C)cc(Cl)c1)c1ccccc1OC. The third-order valence-electron chi connectivity index (χ3n) is 3.14. The lowest BCUT2D eigenvalue weighted by Crippen LogP contribution is -2.18. The summed E-state index contributed by atoms with van der Waals surface area (Å²) in [4.78, 5) is 0. The van der Waals surface area contributed by atoms with Crippen molar-refractivity contribution in [1.82, 2.24) is 5.32 Å². The van der Waals surface area contributed by atoms with E-state index in [-0.39, 0.29) is 6.04 Å². The van der Waals surface area contributed by atoms with E-state index in [2.05, 4.69) is 17.4 Å². The summed E-state index contributed by atoms with van der Waals surface area (Å²) in [6, 6.07) is 14.2. The topological polar surface area (TPSA) is 21.3 Å². The maximum Gasteiger partial charge on any atom is 0.123 e. The molecule has 0 amide bonds. The second-order valence-electron chi connectivity index (χ2n) is 4.53. The lowest BCUT2D eigenvalue weighted by atomic mass is 9.96. The first-order valence-corrected chi connectivity index (χ1v) is 6.60. The second kappa shape index (κ2) is 6.09. The predicted molar refractivity (Wildman–Crippen MR) is 80.1 cm³/mol. The first-order valence-electron chi connectivity index (χ1n) is 6.23. The number of hydrogen-bond acceptors (Lipinski definition) is 2. The van der Waals surface area contributed by atoms with Gasteiger partial charge < -0.3 is 10.1 Å². The molecule has 19 heavy (non-hydrogen) atoms. The summed E-state index contributed by atoms with van der Waals surface area (Å²) in [7, 11) is 3.63. The molecule has 2 aromatic carbocycles. The van der Waals surface area contributed by atoms with E-state index in [1.54, 1.807) is 7.11 Å². The predicted octanol–water partition coefficient (Wildman–Crippen LogP) is 3.97. The van der Waals surface area contributed by atoms with Gasteiger partial charge in [0.15, 0.2) is 0 Å². The largest absolute Gasteiger partial charge is 0.496 e. The fourth-order valence-corrected chi connectivity index (χ4v) is 2.64. The van der Waals surface area contributed by atoms with Gasteiger partial charge in [-0.15, -0.1) is 0 Å². The zero-order valence-electron chi connectivity index (χ0n) is 11.4. The van der Waals surface area contributed by atoms with Crippen LogP contribution in [0.15, 0.2) is 42.5 Å². The van der Waals surface area contributed by atoms with Crippen molar-refractivity contribution in [2.45, 2.75) is 13.0 Å². The van der Waals surface area contributed by atoms with Crippen molar-refractivity contribution in [2.75, 3.05) is 14.2 Å². The number of halogens is 1. The van der Waals surface area contributed by atoms with Crippen LogP contribution < -0.4 is 10.1 Å². The minimum absolute atomic E-state index is 0.0635. The van der Waals surface area contributed by atoms with Gasteiger partial charge in [-0.3, -0.25) is 0 Å². The molecule has 1 N–H and O–H groups in total. The Morgan fingerprint density at radius 2 is 1.89 bits per heavy atom. The van der Waals surface area contributed by atoms with Crippen LogP contribution in [0.4, 0.5) is 0 Å². The Labute approximate surface area is 119 Å². The summed E-state index contributed by atoms with van der Waals surface area (Å²) >= 11 is 6.15. The van der Waals surface area contributed by atoms with Crippen LogP contribution in [0.25, 0.3) is 0 Å². The lowest BCUT2D eigenvalue weighted by molar-refractivity contribution is 0.405. The van der Waals surface area contributed by atoms with Gasteiger partial charge in [0.25, 0.3) is 0 Å². The standard InChI is InChI=1S/C16H18ClNO/c1-11-8-12(10-13(17)9-11)16(18-2)14-6-4-5-7-15(14)19-3/h4-10,16,18H,1-3H3. The molecule has 0 aliphatic heterocycles. The first kappa shape index (κ1) is 13.9. The molecule has 0 saturated carbocycles. The Bertz CT molecular complexity index is 548. The van der Waals surface area contributed by atoms with Gasteiger partial charge in [0, 0.05) is 10.6 Å². The summed E-state index contributed by atoms with van der Waals surface area (Å²) in [6.07, 6.45) is 0. The highest BCUT2D eigenvalue weighted by atomic mass is 35.5. The molecule has 0 aliphatic rings. The second-order valence-corrected chi connectivity index (χ2v) is 4.96. The molecular formula is C16H18ClNO. The molecule has 0 spiro atoms. The molecule has 100 valence electrons. The van der Waals surface area contributed by atoms with Crippen LogP contribution >= 0.6 is 11.6 Å². The van der Waals surface area contributed by atoms with Gasteiger partial charge in [-0.25, -0.2) is 0 Å². The van der Waals surface area contributed by atoms with E-state index in [9.17, 15) is 0 Å². The van der Waals surface area contributed by atoms with Crippen LogP contribution in [0.1, 0.15) is 22.7 Å².